The smallest absolute Gasteiger partial charge is 0.222 e. The summed E-state index contributed by atoms with van der Waals surface area (Å²) in [6.45, 7) is 4.42. The molecule has 3 aromatic heterocycles. The molecule has 0 spiro atoms. The lowest BCUT2D eigenvalue weighted by Gasteiger charge is -2.19. The number of anilines is 2. The van der Waals surface area contributed by atoms with E-state index >= 15 is 0 Å². The average Bonchev–Trinajstić information content (AvgIpc) is 3.22. The number of methoxy groups -OCH3 is 1. The maximum Gasteiger partial charge on any atom is 0.222 e. The van der Waals surface area contributed by atoms with Crippen LogP contribution < -0.4 is 21.1 Å². The van der Waals surface area contributed by atoms with Gasteiger partial charge in [-0.15, -0.1) is 0 Å². The highest BCUT2D eigenvalue weighted by Crippen LogP contribution is 2.34. The summed E-state index contributed by atoms with van der Waals surface area (Å²) in [6.07, 6.45) is 6.89. The van der Waals surface area contributed by atoms with Gasteiger partial charge in [-0.2, -0.15) is 4.98 Å². The van der Waals surface area contributed by atoms with Gasteiger partial charge in [0.1, 0.15) is 11.0 Å². The Bertz CT molecular complexity index is 1410. The van der Waals surface area contributed by atoms with Gasteiger partial charge < -0.3 is 30.8 Å². The van der Waals surface area contributed by atoms with Gasteiger partial charge in [-0.3, -0.25) is 0 Å². The van der Waals surface area contributed by atoms with Crippen molar-refractivity contribution in [1.82, 2.24) is 24.8 Å². The number of aliphatic hydroxyl groups is 1. The first kappa shape index (κ1) is 24.0. The third-order valence-corrected chi connectivity index (χ3v) is 6.66. The van der Waals surface area contributed by atoms with Crippen molar-refractivity contribution in [1.29, 1.82) is 0 Å². The molecule has 4 heterocycles. The van der Waals surface area contributed by atoms with Crippen LogP contribution in [0.4, 0.5) is 11.8 Å². The van der Waals surface area contributed by atoms with E-state index in [4.69, 9.17) is 10.5 Å². The summed E-state index contributed by atoms with van der Waals surface area (Å²) in [5, 5.41) is 17.8. The van der Waals surface area contributed by atoms with Crippen molar-refractivity contribution in [2.45, 2.75) is 38.8 Å². The van der Waals surface area contributed by atoms with E-state index in [2.05, 4.69) is 55.3 Å². The summed E-state index contributed by atoms with van der Waals surface area (Å²) in [4.78, 5) is 13.8. The van der Waals surface area contributed by atoms with E-state index in [1.807, 2.05) is 24.4 Å². The first-order chi connectivity index (χ1) is 17.6. The number of rotatable bonds is 9. The van der Waals surface area contributed by atoms with Crippen molar-refractivity contribution in [3.63, 3.8) is 0 Å². The second-order valence-corrected chi connectivity index (χ2v) is 9.13. The van der Waals surface area contributed by atoms with E-state index in [1.54, 1.807) is 7.11 Å². The highest BCUT2D eigenvalue weighted by molar-refractivity contribution is 6.09. The van der Waals surface area contributed by atoms with Crippen LogP contribution in [0.1, 0.15) is 37.3 Å². The van der Waals surface area contributed by atoms with Crippen molar-refractivity contribution in [2.75, 3.05) is 37.9 Å². The van der Waals surface area contributed by atoms with Crippen molar-refractivity contribution in [3.8, 4) is 5.88 Å². The molecule has 36 heavy (non-hydrogen) atoms. The fraction of sp³-hybridized carbons (Fsp3) is 0.370. The number of benzene rings is 1. The zero-order valence-corrected chi connectivity index (χ0v) is 20.8. The molecular formula is C27H33N7O2. The second-order valence-electron chi connectivity index (χ2n) is 9.13. The van der Waals surface area contributed by atoms with Gasteiger partial charge in [0.15, 0.2) is 5.82 Å². The number of hydrogen-bond donors (Lipinski definition) is 4. The summed E-state index contributed by atoms with van der Waals surface area (Å²) in [5.41, 5.74) is 12.0. The first-order valence-corrected chi connectivity index (χ1v) is 12.5. The number of aromatic nitrogens is 4. The fourth-order valence-electron chi connectivity index (χ4n) is 4.97. The van der Waals surface area contributed by atoms with Crippen molar-refractivity contribution < 1.29 is 9.84 Å². The maximum absolute atomic E-state index is 9.95. The van der Waals surface area contributed by atoms with Crippen LogP contribution in [-0.4, -0.2) is 57.5 Å². The Labute approximate surface area is 210 Å². The number of nitrogens with zero attached hydrogens (tertiary/aromatic N) is 4. The average molecular weight is 488 g/mol. The molecule has 0 amide bonds. The largest absolute Gasteiger partial charge is 0.481 e. The van der Waals surface area contributed by atoms with Crippen LogP contribution in [0.5, 0.6) is 5.88 Å². The lowest BCUT2D eigenvalue weighted by molar-refractivity contribution is 0.268. The Hall–Kier alpha value is -3.69. The van der Waals surface area contributed by atoms with Crippen LogP contribution in [0.25, 0.3) is 27.5 Å². The number of nitrogen functional groups attached to an aromatic ring is 1. The highest BCUT2D eigenvalue weighted by Gasteiger charge is 2.21. The number of hydrogen-bond acceptors (Lipinski definition) is 8. The van der Waals surface area contributed by atoms with E-state index in [-0.39, 0.29) is 18.6 Å². The predicted molar refractivity (Wildman–Crippen MR) is 144 cm³/mol. The molecule has 1 aromatic carbocycles. The molecule has 1 atom stereocenters. The van der Waals surface area contributed by atoms with Crippen molar-refractivity contribution in [3.05, 3.63) is 53.7 Å². The Morgan fingerprint density at radius 1 is 1.28 bits per heavy atom. The van der Waals surface area contributed by atoms with Gasteiger partial charge in [-0.1, -0.05) is 37.6 Å². The standard InChI is InChI=1S/C27H33N7O2/c1-3-7-20(16-35)31-25-24-23(32-27(28)33-25)21-9-4-5-10-22(21)34(24)15-19-12-18(14-30-26(19)36-2)17-8-6-11-29-13-17/h4-5,8-10,12,14,20,29,35H,3,6-7,11,13,15-16H2,1-2H3,(H3,28,31,32,33)/t20-/m0/s1. The number of fused-ring (bicyclic) bond motifs is 3. The number of nitrogens with two attached hydrogens (primary N) is 1. The van der Waals surface area contributed by atoms with Crippen LogP contribution in [0.2, 0.25) is 0 Å². The van der Waals surface area contributed by atoms with Gasteiger partial charge in [0.2, 0.25) is 11.8 Å². The van der Waals surface area contributed by atoms with E-state index in [0.717, 1.165) is 65.4 Å². The molecule has 0 fully saturated rings. The molecule has 9 heteroatoms. The molecule has 4 aromatic rings. The minimum atomic E-state index is -0.135. The Morgan fingerprint density at radius 3 is 2.89 bits per heavy atom. The maximum atomic E-state index is 9.95. The molecule has 188 valence electrons. The SMILES string of the molecule is CCC[C@@H](CO)Nc1nc(N)nc2c3ccccc3n(Cc3cc(C4=CCCNC4)cnc3OC)c12. The summed E-state index contributed by atoms with van der Waals surface area (Å²) >= 11 is 0. The molecule has 0 saturated heterocycles. The molecule has 1 aliphatic rings. The third kappa shape index (κ3) is 4.59. The highest BCUT2D eigenvalue weighted by atomic mass is 16.5. The van der Waals surface area contributed by atoms with Gasteiger partial charge in [-0.25, -0.2) is 9.97 Å². The monoisotopic (exact) mass is 487 g/mol. The summed E-state index contributed by atoms with van der Waals surface area (Å²) in [7, 11) is 1.65. The zero-order chi connectivity index (χ0) is 25.1. The minimum absolute atomic E-state index is 0.00239. The van der Waals surface area contributed by atoms with Gasteiger partial charge >= 0.3 is 0 Å². The van der Waals surface area contributed by atoms with E-state index in [0.29, 0.717) is 18.2 Å². The van der Waals surface area contributed by atoms with Gasteiger partial charge in [0.05, 0.1) is 31.8 Å². The number of nitrogens with one attached hydrogen (secondary N) is 2. The Kier molecular flexibility index (Phi) is 7.02. The van der Waals surface area contributed by atoms with Crippen LogP contribution in [0.15, 0.2) is 42.6 Å². The zero-order valence-electron chi connectivity index (χ0n) is 20.8. The number of para-hydroxylation sites is 1. The van der Waals surface area contributed by atoms with Crippen LogP contribution in [0.3, 0.4) is 0 Å². The van der Waals surface area contributed by atoms with Crippen molar-refractivity contribution >= 4 is 39.3 Å². The lowest BCUT2D eigenvalue weighted by atomic mass is 10.0. The molecule has 0 aliphatic carbocycles. The Balaban J connectivity index is 1.68. The molecule has 0 radical (unpaired) electrons. The summed E-state index contributed by atoms with van der Waals surface area (Å²) in [5.74, 6) is 1.39. The molecule has 0 saturated carbocycles. The van der Waals surface area contributed by atoms with E-state index < -0.39 is 0 Å². The summed E-state index contributed by atoms with van der Waals surface area (Å²) < 4.78 is 7.85. The van der Waals surface area contributed by atoms with Gasteiger partial charge in [-0.05, 0) is 42.7 Å². The van der Waals surface area contributed by atoms with Crippen molar-refractivity contribution in [2.24, 2.45) is 0 Å². The first-order valence-electron chi connectivity index (χ1n) is 12.5. The molecule has 1 aliphatic heterocycles. The second kappa shape index (κ2) is 10.5. The molecule has 5 N–H and O–H groups in total. The summed E-state index contributed by atoms with van der Waals surface area (Å²) in [6, 6.07) is 10.2. The van der Waals surface area contributed by atoms with Crippen LogP contribution >= 0.6 is 0 Å². The number of aliphatic hydroxyl groups excluding tert-OH is 1. The third-order valence-electron chi connectivity index (χ3n) is 6.66. The molecule has 0 unspecified atom stereocenters. The quantitative estimate of drug-likeness (QED) is 0.283. The number of ether oxygens (including phenoxy) is 1. The molecular weight excluding hydrogens is 454 g/mol. The molecule has 0 bridgehead atoms. The van der Waals surface area contributed by atoms with Gasteiger partial charge in [0.25, 0.3) is 0 Å². The fourth-order valence-corrected chi connectivity index (χ4v) is 4.97. The molecule has 9 nitrogen and oxygen atoms in total. The lowest BCUT2D eigenvalue weighted by Crippen LogP contribution is -2.25. The van der Waals surface area contributed by atoms with Crippen LogP contribution in [0, 0.1) is 0 Å². The van der Waals surface area contributed by atoms with Crippen LogP contribution in [-0.2, 0) is 6.54 Å². The number of pyridine rings is 1. The molecule has 5 rings (SSSR count). The Morgan fingerprint density at radius 2 is 2.14 bits per heavy atom. The van der Waals surface area contributed by atoms with Gasteiger partial charge in [0, 0.05) is 23.7 Å². The van der Waals surface area contributed by atoms with E-state index in [1.165, 1.54) is 5.57 Å². The topological polar surface area (TPSA) is 123 Å². The normalized spacial score (nSPS) is 14.7. The van der Waals surface area contributed by atoms with E-state index in [9.17, 15) is 5.11 Å². The predicted octanol–water partition coefficient (Wildman–Crippen LogP) is 3.57. The minimum Gasteiger partial charge on any atom is -0.481 e.